The highest BCUT2D eigenvalue weighted by Gasteiger charge is 2.24. The summed E-state index contributed by atoms with van der Waals surface area (Å²) in [6, 6.07) is 8.98. The second kappa shape index (κ2) is 5.67. The van der Waals surface area contributed by atoms with Gasteiger partial charge in [-0.15, -0.1) is 0 Å². The van der Waals surface area contributed by atoms with Crippen LogP contribution in [0.15, 0.2) is 40.8 Å². The predicted octanol–water partition coefficient (Wildman–Crippen LogP) is 2.89. The topological polar surface area (TPSA) is 79.9 Å². The lowest BCUT2D eigenvalue weighted by Crippen LogP contribution is -2.18. The summed E-state index contributed by atoms with van der Waals surface area (Å²) >= 11 is 5.62. The zero-order valence-corrected chi connectivity index (χ0v) is 10.5. The van der Waals surface area contributed by atoms with Crippen molar-refractivity contribution in [3.05, 3.63) is 47.4 Å². The normalized spacial score (nSPS) is 12.1. The van der Waals surface area contributed by atoms with Crippen molar-refractivity contribution in [1.29, 1.82) is 0 Å². The molecule has 6 heteroatoms. The number of furan rings is 1. The van der Waals surface area contributed by atoms with Crippen LogP contribution >= 0.6 is 11.6 Å². The number of rotatable bonds is 5. The fourth-order valence-corrected chi connectivity index (χ4v) is 1.66. The number of ether oxygens (including phenoxy) is 1. The van der Waals surface area contributed by atoms with Gasteiger partial charge in [0.05, 0.1) is 0 Å². The van der Waals surface area contributed by atoms with Gasteiger partial charge in [0.25, 0.3) is 0 Å². The Morgan fingerprint density at radius 3 is 2.47 bits per heavy atom. The van der Waals surface area contributed by atoms with Crippen molar-refractivity contribution in [2.24, 2.45) is 0 Å². The molecule has 0 aliphatic carbocycles. The molecule has 19 heavy (non-hydrogen) atoms. The Hall–Kier alpha value is -2.14. The first-order valence-electron chi connectivity index (χ1n) is 5.46. The van der Waals surface area contributed by atoms with Gasteiger partial charge in [0.15, 0.2) is 5.22 Å². The zero-order chi connectivity index (χ0) is 13.8. The van der Waals surface area contributed by atoms with Crippen LogP contribution in [0.2, 0.25) is 5.22 Å². The second-order valence-corrected chi connectivity index (χ2v) is 4.21. The van der Waals surface area contributed by atoms with Crippen molar-refractivity contribution in [3.63, 3.8) is 0 Å². The maximum Gasteiger partial charge on any atom is 0.317 e. The number of carbonyl (C=O) groups is 1. The minimum absolute atomic E-state index is 0.0933. The Morgan fingerprint density at radius 2 is 1.95 bits per heavy atom. The summed E-state index contributed by atoms with van der Waals surface area (Å²) in [5.74, 6) is -1.20. The molecule has 0 bridgehead atoms. The molecule has 1 unspecified atom stereocenters. The van der Waals surface area contributed by atoms with Crippen LogP contribution in [0.5, 0.6) is 11.5 Å². The van der Waals surface area contributed by atoms with Gasteiger partial charge in [-0.25, -0.2) is 0 Å². The summed E-state index contributed by atoms with van der Waals surface area (Å²) in [6.45, 7) is -0.0933. The van der Waals surface area contributed by atoms with E-state index in [0.717, 1.165) is 0 Å². The van der Waals surface area contributed by atoms with Gasteiger partial charge in [0.1, 0.15) is 29.8 Å². The van der Waals surface area contributed by atoms with Crippen LogP contribution in [-0.2, 0) is 4.79 Å². The largest absolute Gasteiger partial charge is 0.508 e. The molecule has 2 N–H and O–H groups in total. The summed E-state index contributed by atoms with van der Waals surface area (Å²) in [5.41, 5.74) is 0. The molecule has 1 atom stereocenters. The number of aromatic hydroxyl groups is 1. The van der Waals surface area contributed by atoms with Crippen LogP contribution < -0.4 is 4.74 Å². The molecule has 100 valence electrons. The van der Waals surface area contributed by atoms with Crippen molar-refractivity contribution in [3.8, 4) is 11.5 Å². The van der Waals surface area contributed by atoms with Crippen molar-refractivity contribution in [2.45, 2.75) is 5.92 Å². The molecule has 0 radical (unpaired) electrons. The molecule has 0 amide bonds. The lowest BCUT2D eigenvalue weighted by Gasteiger charge is -2.11. The number of phenolic OH excluding ortho intramolecular Hbond substituents is 1. The molecule has 0 saturated heterocycles. The molecule has 1 aromatic heterocycles. The molecule has 0 aliphatic rings. The maximum absolute atomic E-state index is 11.2. The van der Waals surface area contributed by atoms with Crippen LogP contribution in [0.25, 0.3) is 0 Å². The molecule has 2 aromatic rings. The number of halogens is 1. The minimum atomic E-state index is -1.07. The summed E-state index contributed by atoms with van der Waals surface area (Å²) in [7, 11) is 0. The average Bonchev–Trinajstić information content (AvgIpc) is 2.78. The van der Waals surface area contributed by atoms with E-state index in [4.69, 9.17) is 31.0 Å². The van der Waals surface area contributed by atoms with E-state index in [1.807, 2.05) is 0 Å². The number of phenols is 1. The Kier molecular flexibility index (Phi) is 3.97. The third kappa shape index (κ3) is 3.42. The number of hydrogen-bond donors (Lipinski definition) is 2. The van der Waals surface area contributed by atoms with Crippen molar-refractivity contribution < 1.29 is 24.2 Å². The Morgan fingerprint density at radius 1 is 1.26 bits per heavy atom. The lowest BCUT2D eigenvalue weighted by molar-refractivity contribution is -0.140. The van der Waals surface area contributed by atoms with E-state index in [9.17, 15) is 4.79 Å². The highest BCUT2D eigenvalue weighted by molar-refractivity contribution is 6.28. The van der Waals surface area contributed by atoms with Gasteiger partial charge >= 0.3 is 5.97 Å². The first-order chi connectivity index (χ1) is 9.06. The number of carboxylic acid groups (broad SMARTS) is 1. The van der Waals surface area contributed by atoms with Gasteiger partial charge in [0.2, 0.25) is 0 Å². The molecular formula is C13H11ClO5. The summed E-state index contributed by atoms with van der Waals surface area (Å²) in [5, 5.41) is 18.4. The van der Waals surface area contributed by atoms with E-state index in [-0.39, 0.29) is 23.3 Å². The average molecular weight is 283 g/mol. The molecule has 0 spiro atoms. The predicted molar refractivity (Wildman–Crippen MR) is 67.7 cm³/mol. The molecule has 5 nitrogen and oxygen atoms in total. The van der Waals surface area contributed by atoms with Crippen LogP contribution in [0.1, 0.15) is 11.7 Å². The highest BCUT2D eigenvalue weighted by Crippen LogP contribution is 2.24. The van der Waals surface area contributed by atoms with E-state index >= 15 is 0 Å². The van der Waals surface area contributed by atoms with Crippen LogP contribution in [0.3, 0.4) is 0 Å². The van der Waals surface area contributed by atoms with E-state index in [2.05, 4.69) is 0 Å². The second-order valence-electron chi connectivity index (χ2n) is 3.84. The fraction of sp³-hybridized carbons (Fsp3) is 0.154. The highest BCUT2D eigenvalue weighted by atomic mass is 35.5. The molecule has 2 rings (SSSR count). The first-order valence-corrected chi connectivity index (χ1v) is 5.84. The van der Waals surface area contributed by atoms with Gasteiger partial charge < -0.3 is 19.4 Å². The monoisotopic (exact) mass is 282 g/mol. The molecule has 1 heterocycles. The van der Waals surface area contributed by atoms with Gasteiger partial charge in [-0.05, 0) is 48.0 Å². The molecule has 0 fully saturated rings. The van der Waals surface area contributed by atoms with Gasteiger partial charge in [-0.3, -0.25) is 4.79 Å². The van der Waals surface area contributed by atoms with E-state index in [0.29, 0.717) is 5.75 Å². The first kappa shape index (κ1) is 13.3. The number of aliphatic carboxylic acids is 1. The lowest BCUT2D eigenvalue weighted by atomic mass is 10.1. The van der Waals surface area contributed by atoms with Crippen LogP contribution in [0, 0.1) is 0 Å². The van der Waals surface area contributed by atoms with Crippen LogP contribution in [0.4, 0.5) is 0 Å². The van der Waals surface area contributed by atoms with Crippen LogP contribution in [-0.4, -0.2) is 22.8 Å². The third-order valence-corrected chi connectivity index (χ3v) is 2.69. The molecule has 0 saturated carbocycles. The smallest absolute Gasteiger partial charge is 0.317 e. The van der Waals surface area contributed by atoms with Crippen molar-refractivity contribution in [2.75, 3.05) is 6.61 Å². The summed E-state index contributed by atoms with van der Waals surface area (Å²) < 4.78 is 10.4. The SMILES string of the molecule is O=C(O)C(COc1ccc(O)cc1)c1ccc(Cl)o1. The van der Waals surface area contributed by atoms with E-state index in [1.54, 1.807) is 12.1 Å². The quantitative estimate of drug-likeness (QED) is 0.881. The molecule has 1 aromatic carbocycles. The van der Waals surface area contributed by atoms with Crippen molar-refractivity contribution >= 4 is 17.6 Å². The number of benzene rings is 1. The standard InChI is InChI=1S/C13H11ClO5/c14-12-6-5-11(19-12)10(13(16)17)7-18-9-3-1-8(15)2-4-9/h1-6,10,15H,7H2,(H,16,17). The maximum atomic E-state index is 11.2. The Labute approximate surface area is 114 Å². The number of carboxylic acids is 1. The summed E-state index contributed by atoms with van der Waals surface area (Å²) in [4.78, 5) is 11.2. The summed E-state index contributed by atoms with van der Waals surface area (Å²) in [6.07, 6.45) is 0. The van der Waals surface area contributed by atoms with E-state index in [1.165, 1.54) is 24.3 Å². The van der Waals surface area contributed by atoms with Gasteiger partial charge in [0, 0.05) is 0 Å². The molecular weight excluding hydrogens is 272 g/mol. The number of hydrogen-bond acceptors (Lipinski definition) is 4. The molecule has 0 aliphatic heterocycles. The van der Waals surface area contributed by atoms with Gasteiger partial charge in [-0.1, -0.05) is 0 Å². The van der Waals surface area contributed by atoms with Gasteiger partial charge in [-0.2, -0.15) is 0 Å². The minimum Gasteiger partial charge on any atom is -0.508 e. The Balaban J connectivity index is 2.06. The Bertz CT molecular complexity index is 561. The fourth-order valence-electron chi connectivity index (χ4n) is 1.51. The third-order valence-electron chi connectivity index (χ3n) is 2.49. The van der Waals surface area contributed by atoms with Crippen molar-refractivity contribution in [1.82, 2.24) is 0 Å². The zero-order valence-electron chi connectivity index (χ0n) is 9.75. The van der Waals surface area contributed by atoms with E-state index < -0.39 is 11.9 Å².